The van der Waals surface area contributed by atoms with Crippen LogP contribution in [-0.2, 0) is 14.3 Å². The smallest absolute Gasteiger partial charge is 0.306 e. The Labute approximate surface area is 147 Å². The van der Waals surface area contributed by atoms with E-state index >= 15 is 0 Å². The lowest BCUT2D eigenvalue weighted by Crippen LogP contribution is -2.45. The fraction of sp³-hybridized carbons (Fsp3) is 0.789. The number of carboxylic acids is 1. The monoisotopic (exact) mass is 341 g/mol. The van der Waals surface area contributed by atoms with Crippen LogP contribution in [-0.4, -0.2) is 50.2 Å². The van der Waals surface area contributed by atoms with Crippen LogP contribution in [0.3, 0.4) is 0 Å². The van der Waals surface area contributed by atoms with Crippen LogP contribution in [0.25, 0.3) is 0 Å². The SMILES string of the molecule is CCCCC/C=C/CCCCC(=O)OC(CC(=O)[O-])C[N+](C)(C)C. The first kappa shape index (κ1) is 22.6. The second kappa shape index (κ2) is 13.0. The summed E-state index contributed by atoms with van der Waals surface area (Å²) in [6, 6.07) is 0. The van der Waals surface area contributed by atoms with Crippen molar-refractivity contribution in [3.05, 3.63) is 12.2 Å². The van der Waals surface area contributed by atoms with E-state index in [0.29, 0.717) is 17.4 Å². The van der Waals surface area contributed by atoms with Crippen molar-refractivity contribution in [1.29, 1.82) is 0 Å². The van der Waals surface area contributed by atoms with Crippen LogP contribution >= 0.6 is 0 Å². The lowest BCUT2D eigenvalue weighted by molar-refractivity contribution is -0.873. The zero-order valence-corrected chi connectivity index (χ0v) is 15.9. The fourth-order valence-electron chi connectivity index (χ4n) is 2.46. The molecule has 0 aliphatic heterocycles. The van der Waals surface area contributed by atoms with E-state index in [1.807, 2.05) is 21.1 Å². The number of esters is 1. The molecule has 0 saturated carbocycles. The molecule has 0 aliphatic carbocycles. The minimum atomic E-state index is -1.19. The van der Waals surface area contributed by atoms with Crippen molar-refractivity contribution in [2.24, 2.45) is 0 Å². The molecule has 0 aromatic heterocycles. The van der Waals surface area contributed by atoms with E-state index in [2.05, 4.69) is 19.1 Å². The first-order chi connectivity index (χ1) is 11.2. The Bertz CT molecular complexity index is 385. The van der Waals surface area contributed by atoms with Gasteiger partial charge in [0.1, 0.15) is 6.54 Å². The Morgan fingerprint density at radius 3 is 2.12 bits per heavy atom. The topological polar surface area (TPSA) is 66.4 Å². The van der Waals surface area contributed by atoms with Gasteiger partial charge in [-0.25, -0.2) is 0 Å². The molecule has 1 atom stereocenters. The van der Waals surface area contributed by atoms with E-state index in [0.717, 1.165) is 25.7 Å². The van der Waals surface area contributed by atoms with Crippen LogP contribution in [0.4, 0.5) is 0 Å². The molecular weight excluding hydrogens is 306 g/mol. The van der Waals surface area contributed by atoms with Gasteiger partial charge in [-0.2, -0.15) is 0 Å². The number of ether oxygens (including phenoxy) is 1. The number of carbonyl (C=O) groups excluding carboxylic acids is 2. The quantitative estimate of drug-likeness (QED) is 0.211. The van der Waals surface area contributed by atoms with Gasteiger partial charge in [-0.05, 0) is 32.1 Å². The maximum absolute atomic E-state index is 11.9. The number of quaternary nitrogens is 1. The zero-order valence-electron chi connectivity index (χ0n) is 15.9. The zero-order chi connectivity index (χ0) is 18.4. The lowest BCUT2D eigenvalue weighted by atomic mass is 10.1. The second-order valence-electron chi connectivity index (χ2n) is 7.37. The van der Waals surface area contributed by atoms with Gasteiger partial charge in [-0.3, -0.25) is 4.79 Å². The minimum Gasteiger partial charge on any atom is -0.550 e. The van der Waals surface area contributed by atoms with E-state index in [1.165, 1.54) is 19.3 Å². The highest BCUT2D eigenvalue weighted by atomic mass is 16.5. The predicted molar refractivity (Wildman–Crippen MR) is 94.2 cm³/mol. The number of carbonyl (C=O) groups is 2. The number of allylic oxidation sites excluding steroid dienone is 2. The maximum Gasteiger partial charge on any atom is 0.306 e. The summed E-state index contributed by atoms with van der Waals surface area (Å²) in [6.07, 6.45) is 11.4. The van der Waals surface area contributed by atoms with Crippen molar-refractivity contribution in [3.63, 3.8) is 0 Å². The van der Waals surface area contributed by atoms with Crippen molar-refractivity contribution >= 4 is 11.9 Å². The van der Waals surface area contributed by atoms with Gasteiger partial charge in [0.2, 0.25) is 0 Å². The molecule has 0 amide bonds. The summed E-state index contributed by atoms with van der Waals surface area (Å²) in [4.78, 5) is 22.7. The first-order valence-electron chi connectivity index (χ1n) is 9.09. The average Bonchev–Trinajstić information content (AvgIpc) is 2.42. The molecule has 5 heteroatoms. The van der Waals surface area contributed by atoms with E-state index in [4.69, 9.17) is 4.74 Å². The summed E-state index contributed by atoms with van der Waals surface area (Å²) in [7, 11) is 5.80. The number of hydrogen-bond donors (Lipinski definition) is 0. The molecule has 0 spiro atoms. The predicted octanol–water partition coefficient (Wildman–Crippen LogP) is 2.44. The molecule has 0 aliphatic rings. The highest BCUT2D eigenvalue weighted by Crippen LogP contribution is 2.09. The van der Waals surface area contributed by atoms with Crippen LogP contribution in [0.2, 0.25) is 0 Å². The lowest BCUT2D eigenvalue weighted by Gasteiger charge is -2.29. The minimum absolute atomic E-state index is 0.248. The molecule has 0 fully saturated rings. The number of hydrogen-bond acceptors (Lipinski definition) is 4. The molecule has 0 saturated heterocycles. The first-order valence-corrected chi connectivity index (χ1v) is 9.09. The molecule has 140 valence electrons. The third kappa shape index (κ3) is 15.5. The van der Waals surface area contributed by atoms with Gasteiger partial charge < -0.3 is 19.1 Å². The van der Waals surface area contributed by atoms with Crippen molar-refractivity contribution in [3.8, 4) is 0 Å². The summed E-state index contributed by atoms with van der Waals surface area (Å²) < 4.78 is 5.85. The Balaban J connectivity index is 3.93. The maximum atomic E-state index is 11.9. The third-order valence-electron chi connectivity index (χ3n) is 3.59. The standard InChI is InChI=1S/C19H35NO4/c1-5-6-7-8-9-10-11-12-13-14-19(23)24-17(15-18(21)22)16-20(2,3)4/h9-10,17H,5-8,11-16H2,1-4H3/b10-9+. The van der Waals surface area contributed by atoms with Crippen LogP contribution in [0.1, 0.15) is 64.7 Å². The normalized spacial score (nSPS) is 13.2. The van der Waals surface area contributed by atoms with Crippen LogP contribution in [0.5, 0.6) is 0 Å². The highest BCUT2D eigenvalue weighted by Gasteiger charge is 2.22. The van der Waals surface area contributed by atoms with E-state index in [9.17, 15) is 14.7 Å². The van der Waals surface area contributed by atoms with Gasteiger partial charge >= 0.3 is 5.97 Å². The number of nitrogens with zero attached hydrogens (tertiary/aromatic N) is 1. The fourth-order valence-corrected chi connectivity index (χ4v) is 2.46. The molecule has 0 N–H and O–H groups in total. The highest BCUT2D eigenvalue weighted by molar-refractivity contribution is 5.70. The van der Waals surface area contributed by atoms with Crippen LogP contribution < -0.4 is 5.11 Å². The van der Waals surface area contributed by atoms with Gasteiger partial charge in [-0.1, -0.05) is 31.9 Å². The molecule has 0 rings (SSSR count). The molecule has 5 nitrogen and oxygen atoms in total. The number of likely N-dealkylation sites (N-methyl/N-ethyl adjacent to an activating group) is 1. The summed E-state index contributed by atoms with van der Waals surface area (Å²) in [6.45, 7) is 2.65. The van der Waals surface area contributed by atoms with Crippen molar-refractivity contribution in [2.75, 3.05) is 27.7 Å². The van der Waals surface area contributed by atoms with Gasteiger partial charge in [0.05, 0.1) is 21.1 Å². The second-order valence-corrected chi connectivity index (χ2v) is 7.37. The van der Waals surface area contributed by atoms with E-state index < -0.39 is 12.1 Å². The summed E-state index contributed by atoms with van der Waals surface area (Å²) in [5.41, 5.74) is 0. The average molecular weight is 341 g/mol. The Morgan fingerprint density at radius 1 is 1.04 bits per heavy atom. The summed E-state index contributed by atoms with van der Waals surface area (Å²) in [5.74, 6) is -1.50. The molecule has 0 heterocycles. The molecule has 0 aromatic carbocycles. The van der Waals surface area contributed by atoms with Gasteiger partial charge in [0.25, 0.3) is 0 Å². The Morgan fingerprint density at radius 2 is 1.62 bits per heavy atom. The van der Waals surface area contributed by atoms with Crippen LogP contribution in [0.15, 0.2) is 12.2 Å². The molecule has 0 aromatic rings. The third-order valence-corrected chi connectivity index (χ3v) is 3.59. The number of carboxylic acid groups (broad SMARTS) is 1. The molecule has 0 radical (unpaired) electrons. The van der Waals surface area contributed by atoms with Crippen molar-refractivity contribution < 1.29 is 23.9 Å². The van der Waals surface area contributed by atoms with Crippen molar-refractivity contribution in [1.82, 2.24) is 0 Å². The Hall–Kier alpha value is -1.36. The number of aliphatic carboxylic acids is 1. The summed E-state index contributed by atoms with van der Waals surface area (Å²) >= 11 is 0. The largest absolute Gasteiger partial charge is 0.550 e. The molecule has 1 unspecified atom stereocenters. The number of rotatable bonds is 14. The molecular formula is C19H35NO4. The van der Waals surface area contributed by atoms with Crippen LogP contribution in [0, 0.1) is 0 Å². The van der Waals surface area contributed by atoms with E-state index in [1.54, 1.807) is 0 Å². The van der Waals surface area contributed by atoms with Gasteiger partial charge in [-0.15, -0.1) is 0 Å². The summed E-state index contributed by atoms with van der Waals surface area (Å²) in [5, 5.41) is 10.8. The Kier molecular flexibility index (Phi) is 12.3. The van der Waals surface area contributed by atoms with Gasteiger partial charge in [0, 0.05) is 18.8 Å². The van der Waals surface area contributed by atoms with Crippen molar-refractivity contribution in [2.45, 2.75) is 70.8 Å². The van der Waals surface area contributed by atoms with Gasteiger partial charge in [0.15, 0.2) is 6.10 Å². The molecule has 0 bridgehead atoms. The van der Waals surface area contributed by atoms with E-state index in [-0.39, 0.29) is 12.4 Å². The molecule has 24 heavy (non-hydrogen) atoms. The number of unbranched alkanes of at least 4 members (excludes halogenated alkanes) is 5.